The van der Waals surface area contributed by atoms with Crippen LogP contribution in [0.5, 0.6) is 0 Å². The number of thiophene rings is 1. The second kappa shape index (κ2) is 4.63. The van der Waals surface area contributed by atoms with Crippen molar-refractivity contribution >= 4 is 33.9 Å². The lowest BCUT2D eigenvalue weighted by molar-refractivity contribution is 0.208. The second-order valence-corrected chi connectivity index (χ2v) is 5.96. The van der Waals surface area contributed by atoms with Crippen LogP contribution >= 0.6 is 33.9 Å². The van der Waals surface area contributed by atoms with E-state index in [-0.39, 0.29) is 0 Å². The van der Waals surface area contributed by atoms with Crippen LogP contribution in [0.2, 0.25) is 0 Å². The molecule has 0 saturated heterocycles. The molecule has 0 saturated carbocycles. The molecule has 2 rings (SSSR count). The molecule has 15 heavy (non-hydrogen) atoms. The highest BCUT2D eigenvalue weighted by atomic mass is 127. The molecule has 1 unspecified atom stereocenters. The number of aryl methyl sites for hydroxylation is 1. The van der Waals surface area contributed by atoms with E-state index in [1.165, 1.54) is 2.88 Å². The van der Waals surface area contributed by atoms with Gasteiger partial charge in [0.05, 0.1) is 8.58 Å². The van der Waals surface area contributed by atoms with Gasteiger partial charge in [0.25, 0.3) is 0 Å². The van der Waals surface area contributed by atoms with E-state index in [0.29, 0.717) is 0 Å². The Morgan fingerprint density at radius 2 is 2.47 bits per heavy atom. The van der Waals surface area contributed by atoms with Crippen molar-refractivity contribution < 1.29 is 5.11 Å². The molecule has 80 valence electrons. The van der Waals surface area contributed by atoms with Crippen molar-refractivity contribution in [2.75, 3.05) is 0 Å². The summed E-state index contributed by atoms with van der Waals surface area (Å²) in [6, 6.07) is 3.86. The average Bonchev–Trinajstić information content (AvgIpc) is 2.84. The van der Waals surface area contributed by atoms with Crippen LogP contribution in [-0.4, -0.2) is 14.9 Å². The largest absolute Gasteiger partial charge is 0.382 e. The Morgan fingerprint density at radius 1 is 1.67 bits per heavy atom. The van der Waals surface area contributed by atoms with Crippen LogP contribution < -0.4 is 0 Å². The second-order valence-electron chi connectivity index (χ2n) is 3.16. The van der Waals surface area contributed by atoms with Crippen molar-refractivity contribution in [3.8, 4) is 0 Å². The normalized spacial score (nSPS) is 13.0. The first-order valence-electron chi connectivity index (χ1n) is 4.66. The highest BCUT2D eigenvalue weighted by molar-refractivity contribution is 14.1. The van der Waals surface area contributed by atoms with Crippen LogP contribution in [0.4, 0.5) is 0 Å². The van der Waals surface area contributed by atoms with Gasteiger partial charge in [-0.2, -0.15) is 5.10 Å². The summed E-state index contributed by atoms with van der Waals surface area (Å²) in [5.74, 6) is 0. The summed E-state index contributed by atoms with van der Waals surface area (Å²) in [5, 5.41) is 16.3. The van der Waals surface area contributed by atoms with Crippen LogP contribution in [0.25, 0.3) is 0 Å². The number of nitrogens with zero attached hydrogens (tertiary/aromatic N) is 2. The van der Waals surface area contributed by atoms with Crippen LogP contribution in [0, 0.1) is 2.88 Å². The van der Waals surface area contributed by atoms with Gasteiger partial charge in [-0.15, -0.1) is 11.3 Å². The van der Waals surface area contributed by atoms with Gasteiger partial charge < -0.3 is 5.11 Å². The van der Waals surface area contributed by atoms with Crippen LogP contribution in [-0.2, 0) is 6.54 Å². The van der Waals surface area contributed by atoms with E-state index >= 15 is 0 Å². The fourth-order valence-corrected chi connectivity index (χ4v) is 2.87. The summed E-state index contributed by atoms with van der Waals surface area (Å²) >= 11 is 3.90. The van der Waals surface area contributed by atoms with Gasteiger partial charge in [-0.25, -0.2) is 0 Å². The summed E-state index contributed by atoms with van der Waals surface area (Å²) in [7, 11) is 0. The van der Waals surface area contributed by atoms with Crippen LogP contribution in [0.3, 0.4) is 0 Å². The average molecular weight is 334 g/mol. The summed E-state index contributed by atoms with van der Waals surface area (Å²) < 4.78 is 3.00. The number of halogens is 1. The smallest absolute Gasteiger partial charge is 0.121 e. The molecule has 3 nitrogen and oxygen atoms in total. The van der Waals surface area contributed by atoms with Crippen molar-refractivity contribution in [1.29, 1.82) is 0 Å². The fraction of sp³-hybridized carbons (Fsp3) is 0.300. The molecule has 0 fully saturated rings. The summed E-state index contributed by atoms with van der Waals surface area (Å²) in [6.07, 6.45) is 1.16. The molecule has 0 radical (unpaired) electrons. The van der Waals surface area contributed by atoms with E-state index in [4.69, 9.17) is 0 Å². The molecule has 0 aliphatic carbocycles. The van der Waals surface area contributed by atoms with Gasteiger partial charge in [0.2, 0.25) is 0 Å². The van der Waals surface area contributed by atoms with Gasteiger partial charge in [-0.3, -0.25) is 4.68 Å². The SMILES string of the molecule is CCn1nccc1C(O)c1csc(I)c1. The first kappa shape index (κ1) is 11.1. The molecule has 5 heteroatoms. The van der Waals surface area contributed by atoms with Crippen LogP contribution in [0.15, 0.2) is 23.7 Å². The van der Waals surface area contributed by atoms with E-state index < -0.39 is 6.10 Å². The molecule has 1 N–H and O–H groups in total. The first-order chi connectivity index (χ1) is 7.22. The highest BCUT2D eigenvalue weighted by Gasteiger charge is 2.15. The minimum atomic E-state index is -0.563. The predicted octanol–water partition coefficient (Wildman–Crippen LogP) is 2.65. The zero-order chi connectivity index (χ0) is 10.8. The van der Waals surface area contributed by atoms with Crippen molar-refractivity contribution in [3.63, 3.8) is 0 Å². The summed E-state index contributed by atoms with van der Waals surface area (Å²) in [4.78, 5) is 0. The van der Waals surface area contributed by atoms with Gasteiger partial charge in [0, 0.05) is 12.7 Å². The lowest BCUT2D eigenvalue weighted by atomic mass is 10.1. The predicted molar refractivity (Wildman–Crippen MR) is 69.0 cm³/mol. The van der Waals surface area contributed by atoms with E-state index in [2.05, 4.69) is 27.7 Å². The summed E-state index contributed by atoms with van der Waals surface area (Å²) in [5.41, 5.74) is 1.80. The van der Waals surface area contributed by atoms with Crippen molar-refractivity contribution in [2.24, 2.45) is 0 Å². The number of aliphatic hydroxyl groups is 1. The summed E-state index contributed by atoms with van der Waals surface area (Å²) in [6.45, 7) is 2.79. The quantitative estimate of drug-likeness (QED) is 0.877. The van der Waals surface area contributed by atoms with Crippen molar-refractivity contribution in [2.45, 2.75) is 19.6 Å². The topological polar surface area (TPSA) is 38.0 Å². The lowest BCUT2D eigenvalue weighted by Gasteiger charge is -2.10. The standard InChI is InChI=1S/C10H11IN2OS/c1-2-13-8(3-4-12-13)10(14)7-5-9(11)15-6-7/h3-6,10,14H,2H2,1H3. The Morgan fingerprint density at radius 3 is 3.07 bits per heavy atom. The Hall–Kier alpha value is -0.400. The molecule has 1 atom stereocenters. The van der Waals surface area contributed by atoms with Gasteiger partial charge in [-0.05, 0) is 52.6 Å². The maximum Gasteiger partial charge on any atom is 0.121 e. The van der Waals surface area contributed by atoms with Gasteiger partial charge >= 0.3 is 0 Å². The Balaban J connectivity index is 2.31. The molecular formula is C10H11IN2OS. The Kier molecular flexibility index (Phi) is 3.42. The highest BCUT2D eigenvalue weighted by Crippen LogP contribution is 2.26. The number of aliphatic hydroxyl groups excluding tert-OH is 1. The first-order valence-corrected chi connectivity index (χ1v) is 6.62. The molecule has 0 amide bonds. The molecular weight excluding hydrogens is 323 g/mol. The molecule has 0 aromatic carbocycles. The number of hydrogen-bond acceptors (Lipinski definition) is 3. The molecule has 0 aliphatic rings. The Bertz CT molecular complexity index is 452. The van der Waals surface area contributed by atoms with Crippen molar-refractivity contribution in [1.82, 2.24) is 9.78 Å². The van der Waals surface area contributed by atoms with E-state index in [9.17, 15) is 5.11 Å². The lowest BCUT2D eigenvalue weighted by Crippen LogP contribution is -2.08. The molecule has 2 aromatic heterocycles. The maximum absolute atomic E-state index is 10.1. The van der Waals surface area contributed by atoms with Crippen LogP contribution in [0.1, 0.15) is 24.3 Å². The number of rotatable bonds is 3. The number of aromatic nitrogens is 2. The van der Waals surface area contributed by atoms with Gasteiger partial charge in [0.15, 0.2) is 0 Å². The molecule has 0 aliphatic heterocycles. The maximum atomic E-state index is 10.1. The monoisotopic (exact) mass is 334 g/mol. The van der Waals surface area contributed by atoms with E-state index in [1.54, 1.807) is 17.5 Å². The van der Waals surface area contributed by atoms with Gasteiger partial charge in [-0.1, -0.05) is 0 Å². The minimum absolute atomic E-state index is 0.563. The zero-order valence-electron chi connectivity index (χ0n) is 8.22. The molecule has 0 bridgehead atoms. The van der Waals surface area contributed by atoms with Crippen molar-refractivity contribution in [3.05, 3.63) is 37.9 Å². The van der Waals surface area contributed by atoms with Gasteiger partial charge in [0.1, 0.15) is 6.10 Å². The van der Waals surface area contributed by atoms with E-state index in [0.717, 1.165) is 17.8 Å². The third-order valence-corrected chi connectivity index (χ3v) is 4.04. The fourth-order valence-electron chi connectivity index (χ4n) is 1.48. The number of hydrogen-bond donors (Lipinski definition) is 1. The molecule has 2 aromatic rings. The molecule has 0 spiro atoms. The Labute approximate surface area is 106 Å². The zero-order valence-corrected chi connectivity index (χ0v) is 11.2. The minimum Gasteiger partial charge on any atom is -0.382 e. The molecule has 2 heterocycles. The van der Waals surface area contributed by atoms with E-state index in [1.807, 2.05) is 29.1 Å². The third-order valence-electron chi connectivity index (χ3n) is 2.23. The third kappa shape index (κ3) is 2.24.